The van der Waals surface area contributed by atoms with Gasteiger partial charge in [0.1, 0.15) is 10.3 Å². The second-order valence-corrected chi connectivity index (χ2v) is 23.3. The monoisotopic (exact) mass is 1290 g/mol. The molecule has 20 rings (SSSR count). The lowest BCUT2D eigenvalue weighted by molar-refractivity contribution is 0.602. The number of oxazole rings is 1. The molecule has 0 fully saturated rings. The van der Waals surface area contributed by atoms with Gasteiger partial charge in [-0.1, -0.05) is 109 Å². The summed E-state index contributed by atoms with van der Waals surface area (Å²) in [5.74, 6) is 0. The first-order valence-electron chi connectivity index (χ1n) is 28.4. The van der Waals surface area contributed by atoms with Gasteiger partial charge >= 0.3 is 0 Å². The van der Waals surface area contributed by atoms with Crippen LogP contribution in [0.1, 0.15) is 0 Å². The third-order valence-electron chi connectivity index (χ3n) is 12.9. The molecule has 0 spiro atoms. The van der Waals surface area contributed by atoms with Crippen LogP contribution in [0.3, 0.4) is 0 Å². The smallest absolute Gasteiger partial charge is 0.181 e. The van der Waals surface area contributed by atoms with Gasteiger partial charge in [-0.05, 0) is 131 Å². The van der Waals surface area contributed by atoms with E-state index in [9.17, 15) is 0 Å². The summed E-state index contributed by atoms with van der Waals surface area (Å²) in [4.78, 5) is 56.0. The SMILES string of the molecule is c1cc2scnc2cn1.c1ccc2[nH]ccc2c1.c1ccc2[nH]cnc2c1.c1ccc2ncccc2c1.c1ccc2nccnc2c1.c1ccc2ocnc2c1.c1ccc2sccc2c1.c1ccc2scnc2c1.c1cnc2ncsc2c1.c1cnc2scnc2c1. The van der Waals surface area contributed by atoms with Gasteiger partial charge in [-0.15, -0.1) is 56.7 Å². The van der Waals surface area contributed by atoms with E-state index in [-0.39, 0.29) is 0 Å². The number of aromatic nitrogens is 14. The number of rotatable bonds is 0. The Hall–Kier alpha value is -11.3. The number of fused-ring (bicyclic) bond motifs is 10. The Morgan fingerprint density at radius 1 is 0.293 bits per heavy atom. The fourth-order valence-corrected chi connectivity index (χ4v) is 11.8. The predicted molar refractivity (Wildman–Crippen MR) is 383 cm³/mol. The standard InChI is InChI=1S/C9H7N.C8H6N2.C8H7N.C8H6S.C7H6N2.C7H5NO.C7H5NS.3C6H4N2S/c1-2-6-9-8(4-1)5-3-7-10-9;1-2-4-8-7(3-1)9-5-6-10-8;2*1-2-4-8-7(3-1)5-6-9-8;3*1-2-4-7-6(3-1)8-5-9-7;1-2-7-3-5-6(1)9-4-8-5;1-2-5-6(7-3-1)8-4-9-5;1-2-5-6(7-3-1)9-4-8-5/h1-7H;1-6H;1-6,9H;1-6H;1-5H,(H,8,9);2*1-5H;3*1-4H. The normalized spacial score (nSPS) is 10.2. The van der Waals surface area contributed by atoms with Crippen molar-refractivity contribution in [3.63, 3.8) is 0 Å². The molecule has 0 amide bonds. The fraction of sp³-hybridized carbons (Fsp3) is 0. The van der Waals surface area contributed by atoms with Gasteiger partial charge in [0.05, 0.1) is 92.8 Å². The van der Waals surface area contributed by atoms with Crippen LogP contribution in [0.2, 0.25) is 0 Å². The number of aromatic amines is 2. The quantitative estimate of drug-likeness (QED) is 0.145. The number of H-pyrrole nitrogens is 2. The van der Waals surface area contributed by atoms with Crippen LogP contribution in [0, 0.1) is 0 Å². The minimum atomic E-state index is 0.845. The molecular formula is C72H54N14OS5. The average Bonchev–Trinajstić information content (AvgIpc) is 4.61. The van der Waals surface area contributed by atoms with Crippen LogP contribution >= 0.6 is 56.7 Å². The number of para-hydroxylation sites is 9. The Labute approximate surface area is 547 Å². The molecule has 0 aliphatic carbocycles. The van der Waals surface area contributed by atoms with Gasteiger partial charge in [-0.2, -0.15) is 0 Å². The number of pyridine rings is 4. The number of thiazole rings is 4. The minimum Gasteiger partial charge on any atom is -0.443 e. The molecule has 20 heteroatoms. The third-order valence-corrected chi connectivity index (χ3v) is 16.9. The molecule has 13 heterocycles. The van der Waals surface area contributed by atoms with Crippen LogP contribution in [-0.2, 0) is 0 Å². The van der Waals surface area contributed by atoms with E-state index in [1.807, 2.05) is 181 Å². The molecule has 7 aromatic carbocycles. The fourth-order valence-electron chi connectivity index (χ4n) is 8.43. The van der Waals surface area contributed by atoms with E-state index in [0.717, 1.165) is 70.4 Å². The second kappa shape index (κ2) is 33.9. The Bertz CT molecular complexity index is 4190. The summed E-state index contributed by atoms with van der Waals surface area (Å²) in [6.07, 6.45) is 17.4. The van der Waals surface area contributed by atoms with Crippen molar-refractivity contribution < 1.29 is 4.42 Å². The maximum atomic E-state index is 5.01. The van der Waals surface area contributed by atoms with E-state index < -0.39 is 0 Å². The number of hydrogen-bond donors (Lipinski definition) is 2. The molecule has 13 aromatic heterocycles. The number of thiophene rings is 1. The highest BCUT2D eigenvalue weighted by molar-refractivity contribution is 7.18. The van der Waals surface area contributed by atoms with E-state index in [2.05, 4.69) is 142 Å². The molecule has 92 heavy (non-hydrogen) atoms. The van der Waals surface area contributed by atoms with Crippen molar-refractivity contribution in [2.75, 3.05) is 0 Å². The zero-order valence-electron chi connectivity index (χ0n) is 48.8. The van der Waals surface area contributed by atoms with Gasteiger partial charge in [0.25, 0.3) is 0 Å². The average molecular weight is 1290 g/mol. The highest BCUT2D eigenvalue weighted by atomic mass is 32.1. The number of nitrogens with zero attached hydrogens (tertiary/aromatic N) is 12. The molecule has 0 radical (unpaired) electrons. The lowest BCUT2D eigenvalue weighted by Crippen LogP contribution is -1.78. The lowest BCUT2D eigenvalue weighted by atomic mass is 10.2. The van der Waals surface area contributed by atoms with Crippen LogP contribution in [0.4, 0.5) is 0 Å². The third kappa shape index (κ3) is 18.4. The first-order chi connectivity index (χ1) is 45.7. The molecule has 0 bridgehead atoms. The van der Waals surface area contributed by atoms with Crippen molar-refractivity contribution in [2.24, 2.45) is 0 Å². The zero-order chi connectivity index (χ0) is 62.5. The summed E-state index contributed by atoms with van der Waals surface area (Å²) in [6.45, 7) is 0. The molecule has 0 saturated heterocycles. The highest BCUT2D eigenvalue weighted by Gasteiger charge is 1.97. The second-order valence-electron chi connectivity index (χ2n) is 18.9. The van der Waals surface area contributed by atoms with E-state index in [0.29, 0.717) is 0 Å². The molecule has 15 nitrogen and oxygen atoms in total. The van der Waals surface area contributed by atoms with E-state index in [1.165, 1.54) is 42.2 Å². The maximum Gasteiger partial charge on any atom is 0.181 e. The predicted octanol–water partition coefficient (Wildman–Crippen LogP) is 19.7. The van der Waals surface area contributed by atoms with Gasteiger partial charge in [-0.25, -0.2) is 39.9 Å². The van der Waals surface area contributed by atoms with Crippen LogP contribution in [-0.4, -0.2) is 69.8 Å². The molecule has 0 unspecified atom stereocenters. The molecule has 448 valence electrons. The maximum absolute atomic E-state index is 5.01. The summed E-state index contributed by atoms with van der Waals surface area (Å²) in [5, 5.41) is 5.94. The lowest BCUT2D eigenvalue weighted by Gasteiger charge is -1.91. The zero-order valence-corrected chi connectivity index (χ0v) is 52.9. The number of benzene rings is 7. The number of hydrogen-bond acceptors (Lipinski definition) is 18. The summed E-state index contributed by atoms with van der Waals surface area (Å²) < 4.78 is 9.99. The summed E-state index contributed by atoms with van der Waals surface area (Å²) in [7, 11) is 0. The van der Waals surface area contributed by atoms with Gasteiger partial charge in [-0.3, -0.25) is 19.9 Å². The van der Waals surface area contributed by atoms with Gasteiger partial charge in [0, 0.05) is 59.0 Å². The Morgan fingerprint density at radius 2 is 0.848 bits per heavy atom. The molecule has 0 aliphatic rings. The highest BCUT2D eigenvalue weighted by Crippen LogP contribution is 2.20. The van der Waals surface area contributed by atoms with Crippen LogP contribution in [0.25, 0.3) is 106 Å². The van der Waals surface area contributed by atoms with Crippen molar-refractivity contribution in [1.29, 1.82) is 0 Å². The Kier molecular flexibility index (Phi) is 23.0. The molecular weight excluding hydrogens is 1240 g/mol. The number of imidazole rings is 1. The van der Waals surface area contributed by atoms with E-state index in [4.69, 9.17) is 4.42 Å². The van der Waals surface area contributed by atoms with E-state index >= 15 is 0 Å². The first-order valence-corrected chi connectivity index (χ1v) is 32.8. The molecule has 0 atom stereocenters. The van der Waals surface area contributed by atoms with Crippen molar-refractivity contribution in [1.82, 2.24) is 69.8 Å². The topological polar surface area (TPSA) is 199 Å². The molecule has 0 aliphatic heterocycles. The van der Waals surface area contributed by atoms with E-state index in [1.54, 1.807) is 111 Å². The summed E-state index contributed by atoms with van der Waals surface area (Å²) >= 11 is 8.28. The van der Waals surface area contributed by atoms with Gasteiger partial charge < -0.3 is 14.4 Å². The Morgan fingerprint density at radius 3 is 1.59 bits per heavy atom. The van der Waals surface area contributed by atoms with Crippen molar-refractivity contribution in [3.05, 3.63) is 314 Å². The van der Waals surface area contributed by atoms with Crippen molar-refractivity contribution in [2.45, 2.75) is 0 Å². The van der Waals surface area contributed by atoms with Crippen molar-refractivity contribution in [3.8, 4) is 0 Å². The minimum absolute atomic E-state index is 0.845. The van der Waals surface area contributed by atoms with Gasteiger partial charge in [0.2, 0.25) is 0 Å². The van der Waals surface area contributed by atoms with Crippen molar-refractivity contribution >= 4 is 163 Å². The number of nitrogens with one attached hydrogen (secondary N) is 2. The first kappa shape index (κ1) is 62.4. The molecule has 20 aromatic rings. The molecule has 2 N–H and O–H groups in total. The van der Waals surface area contributed by atoms with Crippen LogP contribution in [0.5, 0.6) is 0 Å². The van der Waals surface area contributed by atoms with Crippen LogP contribution in [0.15, 0.2) is 319 Å². The molecule has 0 saturated carbocycles. The van der Waals surface area contributed by atoms with Gasteiger partial charge in [0.15, 0.2) is 17.6 Å². The Balaban J connectivity index is 0.000000105. The summed E-state index contributed by atoms with van der Waals surface area (Å²) in [5.41, 5.74) is 19.3. The summed E-state index contributed by atoms with van der Waals surface area (Å²) in [6, 6.07) is 74.2. The largest absolute Gasteiger partial charge is 0.443 e. The van der Waals surface area contributed by atoms with Crippen LogP contribution < -0.4 is 0 Å².